The van der Waals surface area contributed by atoms with E-state index in [4.69, 9.17) is 4.74 Å². The summed E-state index contributed by atoms with van der Waals surface area (Å²) in [5.41, 5.74) is 3.50. The molecule has 0 unspecified atom stereocenters. The monoisotopic (exact) mass is 497 g/mol. The lowest BCUT2D eigenvalue weighted by Crippen LogP contribution is -2.45. The van der Waals surface area contributed by atoms with Crippen LogP contribution in [0.25, 0.3) is 10.9 Å². The molecule has 1 amide bonds. The van der Waals surface area contributed by atoms with E-state index in [1.807, 2.05) is 35.5 Å². The van der Waals surface area contributed by atoms with Crippen LogP contribution in [0.4, 0.5) is 0 Å². The molecule has 2 aromatic heterocycles. The van der Waals surface area contributed by atoms with Crippen molar-refractivity contribution in [2.45, 2.75) is 51.4 Å². The first kappa shape index (κ1) is 25.0. The van der Waals surface area contributed by atoms with E-state index in [9.17, 15) is 4.79 Å². The van der Waals surface area contributed by atoms with Crippen molar-refractivity contribution in [3.05, 3.63) is 90.4 Å². The number of amides is 1. The number of para-hydroxylation sites is 1. The lowest BCUT2D eigenvalue weighted by Gasteiger charge is -2.35. The fourth-order valence-corrected chi connectivity index (χ4v) is 5.25. The number of benzene rings is 2. The molecule has 0 bridgehead atoms. The van der Waals surface area contributed by atoms with Crippen molar-refractivity contribution in [2.75, 3.05) is 20.2 Å². The Morgan fingerprint density at radius 2 is 1.95 bits per heavy atom. The smallest absolute Gasteiger partial charge is 0.244 e. The first-order chi connectivity index (χ1) is 18.2. The number of rotatable bonds is 10. The van der Waals surface area contributed by atoms with Gasteiger partial charge >= 0.3 is 0 Å². The second-order valence-electron chi connectivity index (χ2n) is 9.89. The van der Waals surface area contributed by atoms with E-state index in [-0.39, 0.29) is 11.9 Å². The van der Waals surface area contributed by atoms with Gasteiger partial charge in [0, 0.05) is 56.1 Å². The summed E-state index contributed by atoms with van der Waals surface area (Å²) in [6.07, 6.45) is 9.49. The zero-order valence-electron chi connectivity index (χ0n) is 21.5. The van der Waals surface area contributed by atoms with Crippen LogP contribution in [-0.2, 0) is 24.4 Å². The SMILES string of the molecule is CN(Cc1cccc(OCC[C@H]2CCCCN2C(=O)Cn2cccn2)c1)Cc1cccc2cccnc12. The Bertz CT molecular complexity index is 1300. The third-order valence-electron chi connectivity index (χ3n) is 7.03. The topological polar surface area (TPSA) is 63.5 Å². The summed E-state index contributed by atoms with van der Waals surface area (Å²) in [5, 5.41) is 5.35. The second kappa shape index (κ2) is 12.0. The zero-order valence-corrected chi connectivity index (χ0v) is 21.5. The zero-order chi connectivity index (χ0) is 25.5. The molecule has 2 aromatic carbocycles. The summed E-state index contributed by atoms with van der Waals surface area (Å²) in [5.74, 6) is 1.02. The summed E-state index contributed by atoms with van der Waals surface area (Å²) < 4.78 is 7.86. The minimum Gasteiger partial charge on any atom is -0.494 e. The molecule has 1 fully saturated rings. The first-order valence-electron chi connectivity index (χ1n) is 13.2. The minimum absolute atomic E-state index is 0.139. The maximum atomic E-state index is 12.9. The Morgan fingerprint density at radius 1 is 1.05 bits per heavy atom. The first-order valence-corrected chi connectivity index (χ1v) is 13.2. The Kier molecular flexibility index (Phi) is 8.11. The third kappa shape index (κ3) is 6.54. The molecule has 0 spiro atoms. The average Bonchev–Trinajstić information content (AvgIpc) is 3.42. The van der Waals surface area contributed by atoms with Crippen LogP contribution in [-0.4, -0.2) is 56.7 Å². The van der Waals surface area contributed by atoms with Crippen molar-refractivity contribution in [2.24, 2.45) is 0 Å². The van der Waals surface area contributed by atoms with Gasteiger partial charge in [0.2, 0.25) is 5.91 Å². The predicted molar refractivity (Wildman–Crippen MR) is 145 cm³/mol. The van der Waals surface area contributed by atoms with Crippen molar-refractivity contribution < 1.29 is 9.53 Å². The van der Waals surface area contributed by atoms with E-state index in [0.717, 1.165) is 56.6 Å². The standard InChI is InChI=1S/C30H35N5O2/c1-33(22-26-10-5-9-25-11-6-15-31-30(25)26)21-24-8-4-13-28(20-24)37-19-14-27-12-2-3-18-35(27)29(36)23-34-17-7-16-32-34/h4-11,13,15-17,20,27H,2-3,12,14,18-19,21-23H2,1H3/t27-/m1/s1. The quantitative estimate of drug-likeness (QED) is 0.311. The van der Waals surface area contributed by atoms with Gasteiger partial charge in [-0.25, -0.2) is 0 Å². The number of likely N-dealkylation sites (tertiary alicyclic amines) is 1. The van der Waals surface area contributed by atoms with Crippen LogP contribution in [0, 0.1) is 0 Å². The van der Waals surface area contributed by atoms with Gasteiger partial charge in [0.05, 0.1) is 12.1 Å². The van der Waals surface area contributed by atoms with Gasteiger partial charge in [-0.05, 0) is 61.7 Å². The van der Waals surface area contributed by atoms with Gasteiger partial charge in [0.1, 0.15) is 12.3 Å². The maximum absolute atomic E-state index is 12.9. The van der Waals surface area contributed by atoms with Crippen LogP contribution in [0.3, 0.4) is 0 Å². The number of ether oxygens (including phenoxy) is 1. The highest BCUT2D eigenvalue weighted by Crippen LogP contribution is 2.22. The molecule has 7 nitrogen and oxygen atoms in total. The second-order valence-corrected chi connectivity index (χ2v) is 9.89. The number of piperidine rings is 1. The van der Waals surface area contributed by atoms with Crippen LogP contribution in [0.5, 0.6) is 5.75 Å². The summed E-state index contributed by atoms with van der Waals surface area (Å²) in [4.78, 5) is 21.8. The Morgan fingerprint density at radius 3 is 2.84 bits per heavy atom. The number of fused-ring (bicyclic) bond motifs is 1. The molecule has 37 heavy (non-hydrogen) atoms. The van der Waals surface area contributed by atoms with Crippen LogP contribution < -0.4 is 4.74 Å². The van der Waals surface area contributed by atoms with E-state index in [0.29, 0.717) is 13.2 Å². The number of hydrogen-bond acceptors (Lipinski definition) is 5. The van der Waals surface area contributed by atoms with Gasteiger partial charge in [-0.15, -0.1) is 0 Å². The van der Waals surface area contributed by atoms with E-state index < -0.39 is 0 Å². The molecule has 0 radical (unpaired) electrons. The fraction of sp³-hybridized carbons (Fsp3) is 0.367. The van der Waals surface area contributed by atoms with Gasteiger partial charge in [0.25, 0.3) is 0 Å². The number of nitrogens with zero attached hydrogens (tertiary/aromatic N) is 5. The number of hydrogen-bond donors (Lipinski definition) is 0. The van der Waals surface area contributed by atoms with Crippen molar-refractivity contribution in [1.29, 1.82) is 0 Å². The number of pyridine rings is 1. The van der Waals surface area contributed by atoms with Crippen molar-refractivity contribution >= 4 is 16.8 Å². The lowest BCUT2D eigenvalue weighted by atomic mass is 9.99. The molecular weight excluding hydrogens is 462 g/mol. The molecule has 1 atom stereocenters. The van der Waals surface area contributed by atoms with Crippen LogP contribution in [0.15, 0.2) is 79.3 Å². The minimum atomic E-state index is 0.139. The highest BCUT2D eigenvalue weighted by molar-refractivity contribution is 5.81. The molecule has 0 N–H and O–H groups in total. The van der Waals surface area contributed by atoms with Gasteiger partial charge in [-0.2, -0.15) is 5.10 Å². The van der Waals surface area contributed by atoms with Gasteiger partial charge in [-0.3, -0.25) is 19.4 Å². The highest BCUT2D eigenvalue weighted by atomic mass is 16.5. The van der Waals surface area contributed by atoms with Gasteiger partial charge in [-0.1, -0.05) is 36.4 Å². The average molecular weight is 498 g/mol. The maximum Gasteiger partial charge on any atom is 0.244 e. The molecule has 1 aliphatic heterocycles. The Labute approximate surface area is 218 Å². The summed E-state index contributed by atoms with van der Waals surface area (Å²) in [6, 6.07) is 20.8. The van der Waals surface area contributed by atoms with Crippen molar-refractivity contribution in [3.8, 4) is 5.75 Å². The molecule has 4 aromatic rings. The van der Waals surface area contributed by atoms with Crippen molar-refractivity contribution in [3.63, 3.8) is 0 Å². The number of carbonyl (C=O) groups is 1. The molecule has 0 aliphatic carbocycles. The van der Waals surface area contributed by atoms with Crippen LogP contribution in [0.1, 0.15) is 36.8 Å². The van der Waals surface area contributed by atoms with Crippen molar-refractivity contribution in [1.82, 2.24) is 24.6 Å². The predicted octanol–water partition coefficient (Wildman–Crippen LogP) is 4.91. The van der Waals surface area contributed by atoms with E-state index in [1.165, 1.54) is 16.5 Å². The van der Waals surface area contributed by atoms with Gasteiger partial charge < -0.3 is 9.64 Å². The molecule has 0 saturated carbocycles. The lowest BCUT2D eigenvalue weighted by molar-refractivity contribution is -0.136. The fourth-order valence-electron chi connectivity index (χ4n) is 5.25. The van der Waals surface area contributed by atoms with E-state index in [2.05, 4.69) is 64.5 Å². The van der Waals surface area contributed by atoms with E-state index in [1.54, 1.807) is 10.9 Å². The van der Waals surface area contributed by atoms with Crippen LogP contribution in [0.2, 0.25) is 0 Å². The third-order valence-corrected chi connectivity index (χ3v) is 7.03. The Hall–Kier alpha value is -3.71. The molecule has 1 saturated heterocycles. The Balaban J connectivity index is 1.14. The number of carbonyl (C=O) groups excluding carboxylic acids is 1. The molecule has 3 heterocycles. The summed E-state index contributed by atoms with van der Waals surface area (Å²) in [7, 11) is 2.13. The largest absolute Gasteiger partial charge is 0.494 e. The van der Waals surface area contributed by atoms with E-state index >= 15 is 0 Å². The van der Waals surface area contributed by atoms with Gasteiger partial charge in [0.15, 0.2) is 0 Å². The summed E-state index contributed by atoms with van der Waals surface area (Å²) >= 11 is 0. The molecule has 192 valence electrons. The molecular formula is C30H35N5O2. The normalized spacial score (nSPS) is 15.8. The van der Waals surface area contributed by atoms with Crippen LogP contribution >= 0.6 is 0 Å². The summed E-state index contributed by atoms with van der Waals surface area (Å²) in [6.45, 7) is 3.35. The molecule has 5 rings (SSSR count). The highest BCUT2D eigenvalue weighted by Gasteiger charge is 2.26. The number of aromatic nitrogens is 3. The molecule has 7 heteroatoms. The molecule has 1 aliphatic rings.